The van der Waals surface area contributed by atoms with Crippen LogP contribution in [-0.2, 0) is 6.54 Å². The number of aryl methyl sites for hydroxylation is 1. The number of pyridine rings is 1. The molecule has 0 spiro atoms. The Labute approximate surface area is 151 Å². The second kappa shape index (κ2) is 10.7. The first kappa shape index (κ1) is 19.3. The molecule has 1 heterocycles. The molecule has 2 N–H and O–H groups in total. The maximum Gasteiger partial charge on any atom is 0.250 e. The second-order valence-corrected chi connectivity index (χ2v) is 6.65. The Morgan fingerprint density at radius 3 is 2.76 bits per heavy atom. The summed E-state index contributed by atoms with van der Waals surface area (Å²) in [5, 5.41) is 6.74. The van der Waals surface area contributed by atoms with E-state index in [0.29, 0.717) is 0 Å². The lowest BCUT2D eigenvalue weighted by molar-refractivity contribution is 0.574. The van der Waals surface area contributed by atoms with Gasteiger partial charge in [-0.25, -0.2) is 0 Å². The van der Waals surface area contributed by atoms with Crippen molar-refractivity contribution in [3.05, 3.63) is 45.9 Å². The van der Waals surface area contributed by atoms with Gasteiger partial charge in [0.05, 0.1) is 0 Å². The first-order valence-corrected chi connectivity index (χ1v) is 9.49. The van der Waals surface area contributed by atoms with Crippen molar-refractivity contribution in [1.29, 1.82) is 0 Å². The van der Waals surface area contributed by atoms with Crippen LogP contribution >= 0.6 is 0 Å². The highest BCUT2D eigenvalue weighted by Gasteiger charge is 2.04. The van der Waals surface area contributed by atoms with Gasteiger partial charge in [0.2, 0.25) is 0 Å². The molecular weight excluding hydrogens is 312 g/mol. The van der Waals surface area contributed by atoms with Gasteiger partial charge in [0.1, 0.15) is 0 Å². The minimum atomic E-state index is 0.0856. The standard InChI is InChI=1S/C20H32N4O/c1-17-9-8-12-19(25)24(17)16-7-6-14-22-20(21-2)23-15-13-18-10-4-3-5-11-18/h8-10,12H,3-7,11,13-16H2,1-2H3,(H2,21,22,23). The molecule has 5 heteroatoms. The van der Waals surface area contributed by atoms with Gasteiger partial charge in [-0.15, -0.1) is 0 Å². The molecule has 138 valence electrons. The molecule has 1 aliphatic carbocycles. The quantitative estimate of drug-likeness (QED) is 0.330. The molecule has 2 rings (SSSR count). The molecule has 25 heavy (non-hydrogen) atoms. The highest BCUT2D eigenvalue weighted by molar-refractivity contribution is 5.79. The summed E-state index contributed by atoms with van der Waals surface area (Å²) >= 11 is 0. The van der Waals surface area contributed by atoms with Crippen LogP contribution in [0.1, 0.15) is 50.6 Å². The summed E-state index contributed by atoms with van der Waals surface area (Å²) in [5.41, 5.74) is 2.69. The zero-order valence-corrected chi connectivity index (χ0v) is 15.7. The molecule has 0 radical (unpaired) electrons. The highest BCUT2D eigenvalue weighted by atomic mass is 16.1. The SMILES string of the molecule is CN=C(NCCCCn1c(C)cccc1=O)NCCC1=CCCCC1. The first-order valence-electron chi connectivity index (χ1n) is 9.49. The summed E-state index contributed by atoms with van der Waals surface area (Å²) < 4.78 is 1.84. The Bertz CT molecular complexity index is 645. The van der Waals surface area contributed by atoms with Crippen molar-refractivity contribution in [3.63, 3.8) is 0 Å². The zero-order valence-electron chi connectivity index (χ0n) is 15.7. The average Bonchev–Trinajstić information content (AvgIpc) is 2.63. The number of allylic oxidation sites excluding steroid dienone is 1. The predicted octanol–water partition coefficient (Wildman–Crippen LogP) is 2.99. The Morgan fingerprint density at radius 1 is 1.20 bits per heavy atom. The van der Waals surface area contributed by atoms with Crippen molar-refractivity contribution in [2.24, 2.45) is 4.99 Å². The summed E-state index contributed by atoms with van der Waals surface area (Å²) in [6, 6.07) is 5.42. The lowest BCUT2D eigenvalue weighted by Gasteiger charge is -2.15. The smallest absolute Gasteiger partial charge is 0.250 e. The van der Waals surface area contributed by atoms with Crippen molar-refractivity contribution < 1.29 is 0 Å². The van der Waals surface area contributed by atoms with E-state index in [4.69, 9.17) is 0 Å². The number of aliphatic imine (C=N–C) groups is 1. The summed E-state index contributed by atoms with van der Waals surface area (Å²) in [4.78, 5) is 16.1. The minimum Gasteiger partial charge on any atom is -0.356 e. The number of guanidine groups is 1. The average molecular weight is 345 g/mol. The van der Waals surface area contributed by atoms with E-state index in [-0.39, 0.29) is 5.56 Å². The normalized spacial score (nSPS) is 15.0. The van der Waals surface area contributed by atoms with Crippen molar-refractivity contribution in [2.75, 3.05) is 20.1 Å². The Morgan fingerprint density at radius 2 is 2.04 bits per heavy atom. The lowest BCUT2D eigenvalue weighted by atomic mass is 9.97. The molecule has 0 amide bonds. The van der Waals surface area contributed by atoms with Gasteiger partial charge in [-0.3, -0.25) is 9.79 Å². The van der Waals surface area contributed by atoms with Gasteiger partial charge < -0.3 is 15.2 Å². The molecular formula is C20H32N4O. The van der Waals surface area contributed by atoms with Crippen molar-refractivity contribution in [3.8, 4) is 0 Å². The third-order valence-electron chi connectivity index (χ3n) is 4.72. The number of nitrogens with zero attached hydrogens (tertiary/aromatic N) is 2. The van der Waals surface area contributed by atoms with Gasteiger partial charge in [-0.05, 0) is 57.9 Å². The number of aromatic nitrogens is 1. The molecule has 0 unspecified atom stereocenters. The van der Waals surface area contributed by atoms with E-state index in [1.807, 2.05) is 30.7 Å². The molecule has 0 aromatic carbocycles. The molecule has 0 fully saturated rings. The van der Waals surface area contributed by atoms with Gasteiger partial charge in [0.15, 0.2) is 5.96 Å². The maximum atomic E-state index is 11.8. The first-order chi connectivity index (χ1) is 12.2. The van der Waals surface area contributed by atoms with Crippen LogP contribution in [0, 0.1) is 6.92 Å². The molecule has 1 aliphatic rings. The van der Waals surface area contributed by atoms with Crippen LogP contribution < -0.4 is 16.2 Å². The second-order valence-electron chi connectivity index (χ2n) is 6.65. The van der Waals surface area contributed by atoms with E-state index in [9.17, 15) is 4.79 Å². The van der Waals surface area contributed by atoms with Crippen molar-refractivity contribution in [1.82, 2.24) is 15.2 Å². The molecule has 1 aromatic heterocycles. The van der Waals surface area contributed by atoms with Gasteiger partial charge in [0, 0.05) is 38.4 Å². The molecule has 0 bridgehead atoms. The van der Waals surface area contributed by atoms with E-state index < -0.39 is 0 Å². The van der Waals surface area contributed by atoms with Gasteiger partial charge in [-0.1, -0.05) is 17.7 Å². The predicted molar refractivity (Wildman–Crippen MR) is 105 cm³/mol. The summed E-state index contributed by atoms with van der Waals surface area (Å²) in [7, 11) is 1.81. The van der Waals surface area contributed by atoms with Gasteiger partial charge in [-0.2, -0.15) is 0 Å². The highest BCUT2D eigenvalue weighted by Crippen LogP contribution is 2.19. The van der Waals surface area contributed by atoms with E-state index >= 15 is 0 Å². The summed E-state index contributed by atoms with van der Waals surface area (Å²) in [6.07, 6.45) is 10.7. The van der Waals surface area contributed by atoms with E-state index in [1.54, 1.807) is 11.6 Å². The maximum absolute atomic E-state index is 11.8. The number of nitrogens with one attached hydrogen (secondary N) is 2. The minimum absolute atomic E-state index is 0.0856. The van der Waals surface area contributed by atoms with E-state index in [1.165, 1.54) is 25.7 Å². The van der Waals surface area contributed by atoms with Gasteiger partial charge in [0.25, 0.3) is 5.56 Å². The number of rotatable bonds is 8. The largest absolute Gasteiger partial charge is 0.356 e. The Kier molecular flexibility index (Phi) is 8.29. The van der Waals surface area contributed by atoms with E-state index in [0.717, 1.165) is 50.6 Å². The van der Waals surface area contributed by atoms with Crippen LogP contribution in [0.15, 0.2) is 39.6 Å². The van der Waals surface area contributed by atoms with Crippen LogP contribution in [-0.4, -0.2) is 30.7 Å². The van der Waals surface area contributed by atoms with E-state index in [2.05, 4.69) is 21.7 Å². The molecule has 0 atom stereocenters. The zero-order chi connectivity index (χ0) is 17.9. The third-order valence-corrected chi connectivity index (χ3v) is 4.72. The van der Waals surface area contributed by atoms with Crippen molar-refractivity contribution in [2.45, 2.75) is 58.4 Å². The number of hydrogen-bond acceptors (Lipinski definition) is 2. The summed E-state index contributed by atoms with van der Waals surface area (Å²) in [6.45, 7) is 4.55. The fourth-order valence-corrected chi connectivity index (χ4v) is 3.21. The number of hydrogen-bond donors (Lipinski definition) is 2. The molecule has 0 saturated heterocycles. The monoisotopic (exact) mass is 344 g/mol. The third kappa shape index (κ3) is 6.77. The molecule has 5 nitrogen and oxygen atoms in total. The Hall–Kier alpha value is -2.04. The topological polar surface area (TPSA) is 58.4 Å². The number of unbranched alkanes of at least 4 members (excludes halogenated alkanes) is 1. The fourth-order valence-electron chi connectivity index (χ4n) is 3.21. The van der Waals surface area contributed by atoms with Crippen LogP contribution in [0.4, 0.5) is 0 Å². The van der Waals surface area contributed by atoms with Crippen LogP contribution in [0.3, 0.4) is 0 Å². The van der Waals surface area contributed by atoms with Crippen LogP contribution in [0.5, 0.6) is 0 Å². The Balaban J connectivity index is 1.61. The van der Waals surface area contributed by atoms with Gasteiger partial charge >= 0.3 is 0 Å². The van der Waals surface area contributed by atoms with Crippen LogP contribution in [0.25, 0.3) is 0 Å². The lowest BCUT2D eigenvalue weighted by Crippen LogP contribution is -2.38. The molecule has 1 aromatic rings. The fraction of sp³-hybridized carbons (Fsp3) is 0.600. The molecule has 0 aliphatic heterocycles. The molecule has 0 saturated carbocycles. The summed E-state index contributed by atoms with van der Waals surface area (Å²) in [5.74, 6) is 0.865. The van der Waals surface area contributed by atoms with Crippen molar-refractivity contribution >= 4 is 5.96 Å². The van der Waals surface area contributed by atoms with Crippen LogP contribution in [0.2, 0.25) is 0 Å².